The summed E-state index contributed by atoms with van der Waals surface area (Å²) in [5.41, 5.74) is 0.507. The molecule has 18 heavy (non-hydrogen) atoms. The Morgan fingerprint density at radius 1 is 1.56 bits per heavy atom. The fraction of sp³-hybridized carbons (Fsp3) is 0.545. The number of hydrogen-bond acceptors (Lipinski definition) is 3. The van der Waals surface area contributed by atoms with Gasteiger partial charge in [0.2, 0.25) is 10.0 Å². The highest BCUT2D eigenvalue weighted by Gasteiger charge is 2.37. The van der Waals surface area contributed by atoms with E-state index in [0.717, 1.165) is 12.8 Å². The van der Waals surface area contributed by atoms with Gasteiger partial charge in [-0.3, -0.25) is 4.79 Å². The Labute approximate surface area is 106 Å². The highest BCUT2D eigenvalue weighted by molar-refractivity contribution is 7.89. The zero-order valence-electron chi connectivity index (χ0n) is 10.4. The van der Waals surface area contributed by atoms with Crippen molar-refractivity contribution in [2.24, 2.45) is 17.6 Å². The van der Waals surface area contributed by atoms with Crippen LogP contribution in [0.5, 0.6) is 0 Å². The van der Waals surface area contributed by atoms with Crippen LogP contribution in [0.1, 0.15) is 30.3 Å². The first-order valence-corrected chi connectivity index (χ1v) is 7.23. The molecule has 0 saturated heterocycles. The van der Waals surface area contributed by atoms with Gasteiger partial charge >= 0.3 is 0 Å². The molecule has 1 fully saturated rings. The third-order valence-electron chi connectivity index (χ3n) is 3.32. The minimum absolute atomic E-state index is 0.0483. The molecule has 0 aromatic carbocycles. The Morgan fingerprint density at radius 3 is 2.61 bits per heavy atom. The fourth-order valence-electron chi connectivity index (χ4n) is 1.69. The van der Waals surface area contributed by atoms with Crippen LogP contribution in [0.3, 0.4) is 0 Å². The van der Waals surface area contributed by atoms with Gasteiger partial charge in [-0.15, -0.1) is 0 Å². The van der Waals surface area contributed by atoms with Crippen molar-refractivity contribution >= 4 is 15.9 Å². The van der Waals surface area contributed by atoms with Crippen molar-refractivity contribution < 1.29 is 13.2 Å². The van der Waals surface area contributed by atoms with Crippen LogP contribution in [0.15, 0.2) is 17.2 Å². The van der Waals surface area contributed by atoms with E-state index in [2.05, 4.69) is 12.2 Å². The van der Waals surface area contributed by atoms with Crippen molar-refractivity contribution in [2.45, 2.75) is 24.7 Å². The lowest BCUT2D eigenvalue weighted by atomic mass is 10.1. The average Bonchev–Trinajstić information content (AvgIpc) is 2.84. The van der Waals surface area contributed by atoms with Crippen molar-refractivity contribution in [1.29, 1.82) is 0 Å². The number of hydrogen-bond donors (Lipinski definition) is 2. The Kier molecular flexibility index (Phi) is 2.98. The van der Waals surface area contributed by atoms with Gasteiger partial charge in [-0.1, -0.05) is 6.92 Å². The summed E-state index contributed by atoms with van der Waals surface area (Å²) in [7, 11) is -2.16. The molecule has 0 radical (unpaired) electrons. The minimum atomic E-state index is -3.77. The second kappa shape index (κ2) is 4.10. The molecule has 0 bridgehead atoms. The maximum atomic E-state index is 11.9. The Balaban J connectivity index is 2.12. The molecular weight excluding hydrogens is 254 g/mol. The first kappa shape index (κ1) is 13.1. The average molecular weight is 271 g/mol. The van der Waals surface area contributed by atoms with Crippen molar-refractivity contribution in [1.82, 2.24) is 9.88 Å². The number of sulfonamides is 1. The van der Waals surface area contributed by atoms with Crippen molar-refractivity contribution in [3.05, 3.63) is 18.0 Å². The number of nitrogens with one attached hydrogen (secondary N) is 1. The highest BCUT2D eigenvalue weighted by Crippen LogP contribution is 2.44. The fourth-order valence-corrected chi connectivity index (χ4v) is 2.27. The second-order valence-corrected chi connectivity index (χ2v) is 6.77. The van der Waals surface area contributed by atoms with E-state index in [1.807, 2.05) is 0 Å². The SMILES string of the molecule is Cn1cc(S(N)(=O)=O)cc1C(=O)NCC1(C)CC1. The molecular formula is C11H17N3O3S. The van der Waals surface area contributed by atoms with E-state index in [0.29, 0.717) is 12.2 Å². The molecule has 0 spiro atoms. The summed E-state index contributed by atoms with van der Waals surface area (Å²) in [4.78, 5) is 11.9. The van der Waals surface area contributed by atoms with Crippen LogP contribution in [0.2, 0.25) is 0 Å². The van der Waals surface area contributed by atoms with Gasteiger partial charge in [0.15, 0.2) is 0 Å². The van der Waals surface area contributed by atoms with E-state index in [4.69, 9.17) is 5.14 Å². The summed E-state index contributed by atoms with van der Waals surface area (Å²) in [6.07, 6.45) is 3.56. The Hall–Kier alpha value is -1.34. The van der Waals surface area contributed by atoms with E-state index in [-0.39, 0.29) is 16.2 Å². The van der Waals surface area contributed by atoms with E-state index in [1.165, 1.54) is 16.8 Å². The maximum absolute atomic E-state index is 11.9. The number of amides is 1. The van der Waals surface area contributed by atoms with Crippen molar-refractivity contribution in [3.63, 3.8) is 0 Å². The number of aromatic nitrogens is 1. The number of primary sulfonamides is 1. The summed E-state index contributed by atoms with van der Waals surface area (Å²) in [6.45, 7) is 2.72. The van der Waals surface area contributed by atoms with E-state index in [1.54, 1.807) is 7.05 Å². The van der Waals surface area contributed by atoms with Gasteiger partial charge in [-0.2, -0.15) is 0 Å². The molecule has 3 N–H and O–H groups in total. The highest BCUT2D eigenvalue weighted by atomic mass is 32.2. The summed E-state index contributed by atoms with van der Waals surface area (Å²) in [5.74, 6) is -0.277. The van der Waals surface area contributed by atoms with Crippen molar-refractivity contribution in [2.75, 3.05) is 6.54 Å². The first-order valence-electron chi connectivity index (χ1n) is 5.69. The molecule has 0 unspecified atom stereocenters. The zero-order chi connectivity index (χ0) is 13.6. The molecule has 2 rings (SSSR count). The predicted molar refractivity (Wildman–Crippen MR) is 66.5 cm³/mol. The van der Waals surface area contributed by atoms with Gasteiger partial charge in [-0.05, 0) is 24.3 Å². The Morgan fingerprint density at radius 2 is 2.17 bits per heavy atom. The lowest BCUT2D eigenvalue weighted by Gasteiger charge is -2.10. The van der Waals surface area contributed by atoms with Crippen LogP contribution < -0.4 is 10.5 Å². The van der Waals surface area contributed by atoms with Gasteiger partial charge in [0, 0.05) is 19.8 Å². The third kappa shape index (κ3) is 2.73. The molecule has 0 aliphatic heterocycles. The summed E-state index contributed by atoms with van der Waals surface area (Å²) >= 11 is 0. The quantitative estimate of drug-likeness (QED) is 0.819. The molecule has 6 nitrogen and oxygen atoms in total. The lowest BCUT2D eigenvalue weighted by Crippen LogP contribution is -2.30. The monoisotopic (exact) mass is 271 g/mol. The van der Waals surface area contributed by atoms with E-state index >= 15 is 0 Å². The van der Waals surface area contributed by atoms with Crippen LogP contribution in [-0.4, -0.2) is 25.4 Å². The molecule has 1 aliphatic carbocycles. The summed E-state index contributed by atoms with van der Waals surface area (Å²) < 4.78 is 23.8. The second-order valence-electron chi connectivity index (χ2n) is 5.21. The van der Waals surface area contributed by atoms with Crippen LogP contribution in [0.4, 0.5) is 0 Å². The number of carbonyl (C=O) groups excluding carboxylic acids is 1. The van der Waals surface area contributed by atoms with Crippen molar-refractivity contribution in [3.8, 4) is 0 Å². The number of nitrogens with two attached hydrogens (primary N) is 1. The lowest BCUT2D eigenvalue weighted by molar-refractivity contribution is 0.0938. The first-order chi connectivity index (χ1) is 8.21. The van der Waals surface area contributed by atoms with Crippen LogP contribution in [-0.2, 0) is 17.1 Å². The maximum Gasteiger partial charge on any atom is 0.267 e. The minimum Gasteiger partial charge on any atom is -0.350 e. The molecule has 1 aromatic heterocycles. The molecule has 1 heterocycles. The number of aryl methyl sites for hydroxylation is 1. The summed E-state index contributed by atoms with van der Waals surface area (Å²) in [5, 5.41) is 7.83. The van der Waals surface area contributed by atoms with Gasteiger partial charge in [0.05, 0.1) is 0 Å². The van der Waals surface area contributed by atoms with Gasteiger partial charge < -0.3 is 9.88 Å². The number of rotatable bonds is 4. The molecule has 1 aromatic rings. The number of carbonyl (C=O) groups is 1. The van der Waals surface area contributed by atoms with Gasteiger partial charge in [0.1, 0.15) is 10.6 Å². The van der Waals surface area contributed by atoms with Crippen LogP contribution in [0.25, 0.3) is 0 Å². The zero-order valence-corrected chi connectivity index (χ0v) is 11.3. The summed E-state index contributed by atoms with van der Waals surface area (Å²) in [6, 6.07) is 1.29. The molecule has 7 heteroatoms. The largest absolute Gasteiger partial charge is 0.350 e. The van der Waals surface area contributed by atoms with Crippen LogP contribution >= 0.6 is 0 Å². The number of nitrogens with zero attached hydrogens (tertiary/aromatic N) is 1. The Bertz CT molecular complexity index is 585. The smallest absolute Gasteiger partial charge is 0.267 e. The van der Waals surface area contributed by atoms with E-state index < -0.39 is 10.0 Å². The third-order valence-corrected chi connectivity index (χ3v) is 4.20. The molecule has 0 atom stereocenters. The molecule has 100 valence electrons. The van der Waals surface area contributed by atoms with E-state index in [9.17, 15) is 13.2 Å². The molecule has 1 aliphatic rings. The van der Waals surface area contributed by atoms with Gasteiger partial charge in [0.25, 0.3) is 5.91 Å². The van der Waals surface area contributed by atoms with Crippen LogP contribution in [0, 0.1) is 5.41 Å². The normalized spacial score (nSPS) is 17.5. The standard InChI is InChI=1S/C11H17N3O3S/c1-11(3-4-11)7-13-10(15)9-5-8(6-14(9)2)18(12,16)17/h5-6H,3-4,7H2,1-2H3,(H,13,15)(H2,12,16,17). The van der Waals surface area contributed by atoms with Gasteiger partial charge in [-0.25, -0.2) is 13.6 Å². The topological polar surface area (TPSA) is 94.2 Å². The molecule has 1 amide bonds. The predicted octanol–water partition coefficient (Wildman–Crippen LogP) is 0.202. The molecule has 1 saturated carbocycles.